The highest BCUT2D eigenvalue weighted by molar-refractivity contribution is 6.30. The molecule has 0 radical (unpaired) electrons. The third-order valence-corrected chi connectivity index (χ3v) is 4.62. The highest BCUT2D eigenvalue weighted by Gasteiger charge is 2.18. The van der Waals surface area contributed by atoms with Crippen molar-refractivity contribution in [2.24, 2.45) is 0 Å². The van der Waals surface area contributed by atoms with Gasteiger partial charge in [-0.3, -0.25) is 9.80 Å². The highest BCUT2D eigenvalue weighted by Crippen LogP contribution is 2.20. The molecule has 4 nitrogen and oxygen atoms in total. The van der Waals surface area contributed by atoms with Gasteiger partial charge in [-0.1, -0.05) is 17.7 Å². The Balaban J connectivity index is 1.42. The summed E-state index contributed by atoms with van der Waals surface area (Å²) in [4.78, 5) is 7.50. The van der Waals surface area contributed by atoms with Crippen LogP contribution in [-0.4, -0.2) is 75.4 Å². The molecule has 1 aromatic rings. The van der Waals surface area contributed by atoms with Gasteiger partial charge < -0.3 is 9.64 Å². The van der Waals surface area contributed by atoms with Crippen LogP contribution in [0.25, 0.3) is 0 Å². The Morgan fingerprint density at radius 3 is 2.24 bits per heavy atom. The van der Waals surface area contributed by atoms with E-state index in [1.54, 1.807) is 0 Å². The lowest BCUT2D eigenvalue weighted by Gasteiger charge is -2.37. The predicted molar refractivity (Wildman–Crippen MR) is 87.4 cm³/mol. The van der Waals surface area contributed by atoms with Crippen molar-refractivity contribution in [3.8, 4) is 0 Å². The fourth-order valence-electron chi connectivity index (χ4n) is 3.01. The van der Waals surface area contributed by atoms with Crippen molar-refractivity contribution < 1.29 is 4.74 Å². The molecule has 3 rings (SSSR count). The fraction of sp³-hybridized carbons (Fsp3) is 0.625. The minimum Gasteiger partial charge on any atom is -0.379 e. The predicted octanol–water partition coefficient (Wildman–Crippen LogP) is 1.79. The number of benzene rings is 1. The molecule has 2 heterocycles. The molecule has 2 saturated heterocycles. The van der Waals surface area contributed by atoms with E-state index in [4.69, 9.17) is 16.3 Å². The van der Waals surface area contributed by atoms with Crippen molar-refractivity contribution in [2.45, 2.75) is 0 Å². The molecule has 5 heteroatoms. The second-order valence-electron chi connectivity index (χ2n) is 5.76. The first-order chi connectivity index (χ1) is 10.3. The van der Waals surface area contributed by atoms with Gasteiger partial charge in [-0.25, -0.2) is 0 Å². The number of piperazine rings is 1. The molecule has 0 atom stereocenters. The summed E-state index contributed by atoms with van der Waals surface area (Å²) >= 11 is 6.08. The lowest BCUT2D eigenvalue weighted by molar-refractivity contribution is 0.0331. The van der Waals surface area contributed by atoms with Crippen LogP contribution in [0.15, 0.2) is 24.3 Å². The molecule has 0 spiro atoms. The van der Waals surface area contributed by atoms with E-state index in [1.165, 1.54) is 18.8 Å². The molecule has 116 valence electrons. The van der Waals surface area contributed by atoms with Crippen LogP contribution in [0, 0.1) is 0 Å². The first-order valence-electron chi connectivity index (χ1n) is 7.84. The molecule has 1 aromatic carbocycles. The molecule has 0 unspecified atom stereocenters. The monoisotopic (exact) mass is 309 g/mol. The first-order valence-corrected chi connectivity index (χ1v) is 8.22. The molecule has 0 aromatic heterocycles. The summed E-state index contributed by atoms with van der Waals surface area (Å²) in [5.74, 6) is 0. The quantitative estimate of drug-likeness (QED) is 0.844. The lowest BCUT2D eigenvalue weighted by atomic mass is 10.2. The van der Waals surface area contributed by atoms with Crippen molar-refractivity contribution in [3.63, 3.8) is 0 Å². The third-order valence-electron chi connectivity index (χ3n) is 4.38. The Bertz CT molecular complexity index is 443. The van der Waals surface area contributed by atoms with Gasteiger partial charge in [0.05, 0.1) is 13.2 Å². The Hall–Kier alpha value is -0.810. The van der Waals surface area contributed by atoms with Crippen molar-refractivity contribution in [3.05, 3.63) is 29.3 Å². The van der Waals surface area contributed by atoms with Gasteiger partial charge in [-0.05, 0) is 18.2 Å². The van der Waals surface area contributed by atoms with E-state index in [0.717, 1.165) is 57.5 Å². The van der Waals surface area contributed by atoms with Crippen LogP contribution in [0.2, 0.25) is 5.02 Å². The van der Waals surface area contributed by atoms with E-state index in [9.17, 15) is 0 Å². The van der Waals surface area contributed by atoms with Gasteiger partial charge in [0.2, 0.25) is 0 Å². The normalized spacial score (nSPS) is 21.7. The summed E-state index contributed by atoms with van der Waals surface area (Å²) in [5, 5.41) is 0.822. The average Bonchev–Trinajstić information content (AvgIpc) is 2.54. The number of morpholine rings is 1. The standard InChI is InChI=1S/C16H24ClN3O/c17-15-2-1-3-16(14-15)20-8-6-18(7-9-20)4-5-19-10-12-21-13-11-19/h1-3,14H,4-13H2. The molecule has 2 aliphatic heterocycles. The van der Waals surface area contributed by atoms with E-state index >= 15 is 0 Å². The van der Waals surface area contributed by atoms with Gasteiger partial charge in [-0.15, -0.1) is 0 Å². The maximum absolute atomic E-state index is 6.08. The lowest BCUT2D eigenvalue weighted by Crippen LogP contribution is -2.49. The SMILES string of the molecule is Clc1cccc(N2CCN(CCN3CCOCC3)CC2)c1. The minimum atomic E-state index is 0.822. The molecule has 2 fully saturated rings. The van der Waals surface area contributed by atoms with Crippen LogP contribution in [0.1, 0.15) is 0 Å². The summed E-state index contributed by atoms with van der Waals surface area (Å²) in [7, 11) is 0. The van der Waals surface area contributed by atoms with Crippen molar-refractivity contribution in [1.29, 1.82) is 0 Å². The number of rotatable bonds is 4. The van der Waals surface area contributed by atoms with E-state index in [0.29, 0.717) is 0 Å². The van der Waals surface area contributed by atoms with Gasteiger partial charge in [0.1, 0.15) is 0 Å². The number of hydrogen-bond donors (Lipinski definition) is 0. The van der Waals surface area contributed by atoms with Crippen LogP contribution in [0.5, 0.6) is 0 Å². The summed E-state index contributed by atoms with van der Waals surface area (Å²) in [6.45, 7) is 10.7. The molecule has 0 bridgehead atoms. The largest absolute Gasteiger partial charge is 0.379 e. The van der Waals surface area contributed by atoms with Crippen LogP contribution in [0.4, 0.5) is 5.69 Å². The summed E-state index contributed by atoms with van der Waals surface area (Å²) in [6, 6.07) is 8.17. The number of halogens is 1. The fourth-order valence-corrected chi connectivity index (χ4v) is 3.19. The average molecular weight is 310 g/mol. The molecular formula is C16H24ClN3O. The van der Waals surface area contributed by atoms with E-state index < -0.39 is 0 Å². The smallest absolute Gasteiger partial charge is 0.0594 e. The van der Waals surface area contributed by atoms with Gasteiger partial charge in [0.15, 0.2) is 0 Å². The maximum Gasteiger partial charge on any atom is 0.0594 e. The summed E-state index contributed by atoms with van der Waals surface area (Å²) < 4.78 is 5.39. The van der Waals surface area contributed by atoms with Gasteiger partial charge in [0, 0.05) is 63.1 Å². The molecule has 0 aliphatic carbocycles. The number of ether oxygens (including phenoxy) is 1. The van der Waals surface area contributed by atoms with E-state index in [2.05, 4.69) is 26.8 Å². The minimum absolute atomic E-state index is 0.822. The number of nitrogens with zero attached hydrogens (tertiary/aromatic N) is 3. The Kier molecular flexibility index (Phi) is 5.36. The Morgan fingerprint density at radius 1 is 0.905 bits per heavy atom. The molecule has 0 N–H and O–H groups in total. The zero-order valence-electron chi connectivity index (χ0n) is 12.5. The zero-order valence-corrected chi connectivity index (χ0v) is 13.3. The summed E-state index contributed by atoms with van der Waals surface area (Å²) in [5.41, 5.74) is 1.25. The summed E-state index contributed by atoms with van der Waals surface area (Å²) in [6.07, 6.45) is 0. The maximum atomic E-state index is 6.08. The van der Waals surface area contributed by atoms with Crippen molar-refractivity contribution in [1.82, 2.24) is 9.80 Å². The number of anilines is 1. The van der Waals surface area contributed by atoms with E-state index in [-0.39, 0.29) is 0 Å². The van der Waals surface area contributed by atoms with Crippen molar-refractivity contribution >= 4 is 17.3 Å². The van der Waals surface area contributed by atoms with Crippen LogP contribution in [-0.2, 0) is 4.74 Å². The topological polar surface area (TPSA) is 19.0 Å². The van der Waals surface area contributed by atoms with Crippen LogP contribution in [0.3, 0.4) is 0 Å². The number of hydrogen-bond acceptors (Lipinski definition) is 4. The molecule has 0 amide bonds. The molecule has 21 heavy (non-hydrogen) atoms. The third kappa shape index (κ3) is 4.33. The highest BCUT2D eigenvalue weighted by atomic mass is 35.5. The second-order valence-corrected chi connectivity index (χ2v) is 6.20. The zero-order chi connectivity index (χ0) is 14.5. The van der Waals surface area contributed by atoms with E-state index in [1.807, 2.05) is 12.1 Å². The van der Waals surface area contributed by atoms with Gasteiger partial charge >= 0.3 is 0 Å². The molecule has 0 saturated carbocycles. The van der Waals surface area contributed by atoms with Crippen LogP contribution >= 0.6 is 11.6 Å². The Labute approximate surface area is 132 Å². The first kappa shape index (κ1) is 15.1. The molecular weight excluding hydrogens is 286 g/mol. The molecule has 2 aliphatic rings. The van der Waals surface area contributed by atoms with Crippen molar-refractivity contribution in [2.75, 3.05) is 70.5 Å². The van der Waals surface area contributed by atoms with Gasteiger partial charge in [0.25, 0.3) is 0 Å². The Morgan fingerprint density at radius 2 is 1.57 bits per heavy atom. The van der Waals surface area contributed by atoms with Gasteiger partial charge in [-0.2, -0.15) is 0 Å². The van der Waals surface area contributed by atoms with Crippen LogP contribution < -0.4 is 4.90 Å². The second kappa shape index (κ2) is 7.45.